The van der Waals surface area contributed by atoms with E-state index in [4.69, 9.17) is 32.7 Å². The van der Waals surface area contributed by atoms with E-state index < -0.39 is 17.4 Å². The fourth-order valence-electron chi connectivity index (χ4n) is 1.97. The van der Waals surface area contributed by atoms with Crippen LogP contribution in [-0.2, 0) is 4.79 Å². The predicted octanol–water partition coefficient (Wildman–Crippen LogP) is 4.32. The molecule has 0 bridgehead atoms. The van der Waals surface area contributed by atoms with Crippen molar-refractivity contribution < 1.29 is 19.2 Å². The largest absolute Gasteiger partial charge is 0.494 e. The number of anilines is 1. The summed E-state index contributed by atoms with van der Waals surface area (Å²) in [4.78, 5) is 22.6. The summed E-state index contributed by atoms with van der Waals surface area (Å²) < 4.78 is 10.5. The molecule has 0 saturated heterocycles. The summed E-state index contributed by atoms with van der Waals surface area (Å²) in [6, 6.07) is 8.93. The van der Waals surface area contributed by atoms with Gasteiger partial charge in [-0.3, -0.25) is 14.9 Å². The fourth-order valence-corrected chi connectivity index (χ4v) is 2.48. The molecule has 0 unspecified atom stereocenters. The van der Waals surface area contributed by atoms with E-state index in [1.165, 1.54) is 18.2 Å². The van der Waals surface area contributed by atoms with Gasteiger partial charge in [-0.2, -0.15) is 0 Å². The molecule has 0 aromatic heterocycles. The molecular weight excluding hydrogens is 371 g/mol. The van der Waals surface area contributed by atoms with Crippen LogP contribution in [0.3, 0.4) is 0 Å². The van der Waals surface area contributed by atoms with Gasteiger partial charge in [-0.25, -0.2) is 0 Å². The van der Waals surface area contributed by atoms with Gasteiger partial charge in [0.1, 0.15) is 11.4 Å². The average Bonchev–Trinajstić information content (AvgIpc) is 2.56. The highest BCUT2D eigenvalue weighted by Crippen LogP contribution is 2.32. The van der Waals surface area contributed by atoms with E-state index >= 15 is 0 Å². The lowest BCUT2D eigenvalue weighted by Crippen LogP contribution is -2.21. The molecule has 2 rings (SSSR count). The number of para-hydroxylation sites is 1. The molecule has 0 saturated carbocycles. The minimum Gasteiger partial charge on any atom is -0.494 e. The van der Waals surface area contributed by atoms with Crippen molar-refractivity contribution in [2.75, 3.05) is 18.5 Å². The van der Waals surface area contributed by atoms with E-state index in [0.29, 0.717) is 12.4 Å². The smallest absolute Gasteiger partial charge is 0.296 e. The van der Waals surface area contributed by atoms with Crippen molar-refractivity contribution in [1.82, 2.24) is 0 Å². The first kappa shape index (κ1) is 18.8. The molecule has 0 radical (unpaired) electrons. The van der Waals surface area contributed by atoms with E-state index in [2.05, 4.69) is 5.32 Å². The molecule has 2 aromatic carbocycles. The number of rotatable bonds is 7. The Morgan fingerprint density at radius 3 is 2.48 bits per heavy atom. The Hall–Kier alpha value is -2.51. The normalized spacial score (nSPS) is 10.2. The third-order valence-electron chi connectivity index (χ3n) is 3.02. The van der Waals surface area contributed by atoms with Gasteiger partial charge in [-0.1, -0.05) is 29.3 Å². The molecule has 2 aromatic rings. The molecule has 0 atom stereocenters. The van der Waals surface area contributed by atoms with Crippen molar-refractivity contribution in [3.05, 3.63) is 56.6 Å². The maximum atomic E-state index is 12.0. The van der Waals surface area contributed by atoms with Gasteiger partial charge in [0.25, 0.3) is 11.6 Å². The lowest BCUT2D eigenvalue weighted by atomic mass is 10.2. The van der Waals surface area contributed by atoms with E-state index in [-0.39, 0.29) is 27.2 Å². The number of benzene rings is 2. The van der Waals surface area contributed by atoms with E-state index in [1.807, 2.05) is 0 Å². The Labute approximate surface area is 153 Å². The fraction of sp³-hybridized carbons (Fsp3) is 0.188. The Bertz CT molecular complexity index is 778. The molecule has 25 heavy (non-hydrogen) atoms. The summed E-state index contributed by atoms with van der Waals surface area (Å²) in [5.41, 5.74) is -0.248. The van der Waals surface area contributed by atoms with Crippen LogP contribution in [0.15, 0.2) is 36.4 Å². The first-order valence-electron chi connectivity index (χ1n) is 7.20. The number of ether oxygens (including phenoxy) is 2. The van der Waals surface area contributed by atoms with Crippen LogP contribution in [0.25, 0.3) is 0 Å². The summed E-state index contributed by atoms with van der Waals surface area (Å²) in [5, 5.41) is 14.1. The summed E-state index contributed by atoms with van der Waals surface area (Å²) in [7, 11) is 0. The number of hydrogen-bond donors (Lipinski definition) is 1. The third-order valence-corrected chi connectivity index (χ3v) is 3.61. The summed E-state index contributed by atoms with van der Waals surface area (Å²) >= 11 is 11.9. The van der Waals surface area contributed by atoms with Crippen molar-refractivity contribution in [3.63, 3.8) is 0 Å². The SMILES string of the molecule is CCOc1ccc(NC(=O)COc2c(Cl)cccc2Cl)c([N+](=O)[O-])c1. The number of amides is 1. The second-order valence-corrected chi connectivity index (χ2v) is 5.57. The van der Waals surface area contributed by atoms with E-state index in [0.717, 1.165) is 0 Å². The number of nitro groups is 1. The minimum absolute atomic E-state index is 0.0345. The Morgan fingerprint density at radius 1 is 1.20 bits per heavy atom. The van der Waals surface area contributed by atoms with Crippen molar-refractivity contribution in [2.45, 2.75) is 6.92 Å². The number of hydrogen-bond acceptors (Lipinski definition) is 5. The molecule has 0 spiro atoms. The number of nitrogens with zero attached hydrogens (tertiary/aromatic N) is 1. The number of nitro benzene ring substituents is 1. The van der Waals surface area contributed by atoms with Gasteiger partial charge in [-0.05, 0) is 31.2 Å². The topological polar surface area (TPSA) is 90.7 Å². The Kier molecular flexibility index (Phi) is 6.44. The first-order valence-corrected chi connectivity index (χ1v) is 7.96. The van der Waals surface area contributed by atoms with Crippen LogP contribution < -0.4 is 14.8 Å². The van der Waals surface area contributed by atoms with Crippen LogP contribution in [0, 0.1) is 10.1 Å². The summed E-state index contributed by atoms with van der Waals surface area (Å²) in [6.07, 6.45) is 0. The molecule has 1 amide bonds. The molecular formula is C16H14Cl2N2O5. The van der Waals surface area contributed by atoms with Crippen LogP contribution >= 0.6 is 23.2 Å². The van der Waals surface area contributed by atoms with Crippen LogP contribution in [0.1, 0.15) is 6.92 Å². The summed E-state index contributed by atoms with van der Waals surface area (Å²) in [5.74, 6) is -0.0864. The lowest BCUT2D eigenvalue weighted by Gasteiger charge is -2.11. The highest BCUT2D eigenvalue weighted by molar-refractivity contribution is 6.37. The molecule has 132 valence electrons. The molecule has 7 nitrogen and oxygen atoms in total. The highest BCUT2D eigenvalue weighted by Gasteiger charge is 2.18. The number of halogens is 2. The maximum Gasteiger partial charge on any atom is 0.296 e. The molecule has 9 heteroatoms. The van der Waals surface area contributed by atoms with Gasteiger partial charge in [0, 0.05) is 0 Å². The lowest BCUT2D eigenvalue weighted by molar-refractivity contribution is -0.384. The Balaban J connectivity index is 2.08. The third kappa shape index (κ3) is 4.98. The van der Waals surface area contributed by atoms with Gasteiger partial charge in [0.15, 0.2) is 12.4 Å². The number of carbonyl (C=O) groups excluding carboxylic acids is 1. The zero-order valence-electron chi connectivity index (χ0n) is 13.1. The van der Waals surface area contributed by atoms with Crippen LogP contribution in [0.2, 0.25) is 10.0 Å². The van der Waals surface area contributed by atoms with E-state index in [1.54, 1.807) is 25.1 Å². The molecule has 0 fully saturated rings. The maximum absolute atomic E-state index is 12.0. The highest BCUT2D eigenvalue weighted by atomic mass is 35.5. The molecule has 0 heterocycles. The Morgan fingerprint density at radius 2 is 1.88 bits per heavy atom. The second-order valence-electron chi connectivity index (χ2n) is 4.76. The van der Waals surface area contributed by atoms with Gasteiger partial charge in [0.05, 0.1) is 27.6 Å². The van der Waals surface area contributed by atoms with Crippen LogP contribution in [0.5, 0.6) is 11.5 Å². The van der Waals surface area contributed by atoms with Gasteiger partial charge < -0.3 is 14.8 Å². The van der Waals surface area contributed by atoms with Gasteiger partial charge in [0.2, 0.25) is 0 Å². The van der Waals surface area contributed by atoms with Crippen molar-refractivity contribution in [2.24, 2.45) is 0 Å². The molecule has 0 aliphatic rings. The number of nitrogens with one attached hydrogen (secondary N) is 1. The minimum atomic E-state index is -0.607. The zero-order valence-corrected chi connectivity index (χ0v) is 14.6. The van der Waals surface area contributed by atoms with Gasteiger partial charge in [-0.15, -0.1) is 0 Å². The zero-order chi connectivity index (χ0) is 18.4. The molecule has 0 aliphatic heterocycles. The standard InChI is InChI=1S/C16H14Cl2N2O5/c1-2-24-10-6-7-13(14(8-10)20(22)23)19-15(21)9-25-16-11(17)4-3-5-12(16)18/h3-8H,2,9H2,1H3,(H,19,21). The monoisotopic (exact) mass is 384 g/mol. The predicted molar refractivity (Wildman–Crippen MR) is 94.9 cm³/mol. The van der Waals surface area contributed by atoms with Crippen LogP contribution in [-0.4, -0.2) is 24.0 Å². The number of carbonyl (C=O) groups is 1. The van der Waals surface area contributed by atoms with Gasteiger partial charge >= 0.3 is 0 Å². The molecule has 0 aliphatic carbocycles. The second kappa shape index (κ2) is 8.55. The van der Waals surface area contributed by atoms with Crippen molar-refractivity contribution in [3.8, 4) is 11.5 Å². The van der Waals surface area contributed by atoms with E-state index in [9.17, 15) is 14.9 Å². The van der Waals surface area contributed by atoms with Crippen molar-refractivity contribution >= 4 is 40.5 Å². The van der Waals surface area contributed by atoms with Crippen molar-refractivity contribution in [1.29, 1.82) is 0 Å². The molecule has 1 N–H and O–H groups in total. The van der Waals surface area contributed by atoms with Crippen LogP contribution in [0.4, 0.5) is 11.4 Å². The summed E-state index contributed by atoms with van der Waals surface area (Å²) in [6.45, 7) is 1.72. The first-order chi connectivity index (χ1) is 11.9. The quantitative estimate of drug-likeness (QED) is 0.566. The average molecular weight is 385 g/mol.